The summed E-state index contributed by atoms with van der Waals surface area (Å²) in [6.45, 7) is 6.56. The minimum absolute atomic E-state index is 0.676. The van der Waals surface area contributed by atoms with E-state index in [9.17, 15) is 0 Å². The van der Waals surface area contributed by atoms with Crippen LogP contribution < -0.4 is 5.32 Å². The van der Waals surface area contributed by atoms with Crippen molar-refractivity contribution in [1.29, 1.82) is 0 Å². The Labute approximate surface area is 68.3 Å². The highest BCUT2D eigenvalue weighted by molar-refractivity contribution is 7.84. The summed E-state index contributed by atoms with van der Waals surface area (Å²) >= 11 is 4.41. The van der Waals surface area contributed by atoms with Crippen LogP contribution in [-0.4, -0.2) is 13.1 Å². The molecule has 0 aromatic carbocycles. The van der Waals surface area contributed by atoms with Crippen LogP contribution in [0, 0.1) is 5.92 Å². The van der Waals surface area contributed by atoms with Gasteiger partial charge < -0.3 is 5.32 Å². The smallest absolute Gasteiger partial charge is 0.0262 e. The topological polar surface area (TPSA) is 12.0 Å². The normalized spacial score (nSPS) is 20.4. The van der Waals surface area contributed by atoms with Crippen molar-refractivity contribution in [2.45, 2.75) is 20.3 Å². The predicted octanol–water partition coefficient (Wildman–Crippen LogP) is 1.82. The van der Waals surface area contributed by atoms with E-state index in [1.165, 1.54) is 16.9 Å². The van der Waals surface area contributed by atoms with Crippen molar-refractivity contribution < 1.29 is 0 Å². The van der Waals surface area contributed by atoms with Crippen LogP contribution in [-0.2, 0) is 0 Å². The highest BCUT2D eigenvalue weighted by atomic mass is 32.1. The molecule has 1 N–H and O–H groups in total. The lowest BCUT2D eigenvalue weighted by molar-refractivity contribution is 0.622. The first kappa shape index (κ1) is 8.15. The molecule has 1 aliphatic rings. The van der Waals surface area contributed by atoms with Gasteiger partial charge in [0.2, 0.25) is 0 Å². The lowest BCUT2D eigenvalue weighted by atomic mass is 9.97. The summed E-state index contributed by atoms with van der Waals surface area (Å²) in [7, 11) is 0. The minimum Gasteiger partial charge on any atom is -0.312 e. The van der Waals surface area contributed by atoms with E-state index in [-0.39, 0.29) is 0 Å². The summed E-state index contributed by atoms with van der Waals surface area (Å²) < 4.78 is 0. The van der Waals surface area contributed by atoms with Crippen LogP contribution in [0.25, 0.3) is 0 Å². The Bertz CT molecular complexity index is 149. The third kappa shape index (κ3) is 1.77. The molecule has 0 amide bonds. The van der Waals surface area contributed by atoms with E-state index in [1.54, 1.807) is 0 Å². The van der Waals surface area contributed by atoms with E-state index in [1.807, 2.05) is 0 Å². The molecule has 0 aromatic rings. The lowest BCUT2D eigenvalue weighted by Crippen LogP contribution is -2.24. The maximum Gasteiger partial charge on any atom is 0.0262 e. The molecule has 0 unspecified atom stereocenters. The van der Waals surface area contributed by atoms with Gasteiger partial charge in [-0.15, -0.1) is 12.6 Å². The molecule has 0 atom stereocenters. The summed E-state index contributed by atoms with van der Waals surface area (Å²) in [5.41, 5.74) is 1.53. The van der Waals surface area contributed by atoms with Crippen LogP contribution in [0.5, 0.6) is 0 Å². The number of nitrogens with one attached hydrogen (secondary N) is 1. The summed E-state index contributed by atoms with van der Waals surface area (Å²) in [6.07, 6.45) is 1.18. The molecule has 2 heteroatoms. The standard InChI is InChI=1S/C8H15NS/c1-6(2)7-3-4-9-5-8(7)10/h6,9-10H,3-5H2,1-2H3. The molecule has 10 heavy (non-hydrogen) atoms. The van der Waals surface area contributed by atoms with Gasteiger partial charge in [-0.1, -0.05) is 19.4 Å². The van der Waals surface area contributed by atoms with Gasteiger partial charge in [-0.2, -0.15) is 0 Å². The van der Waals surface area contributed by atoms with Gasteiger partial charge in [0.1, 0.15) is 0 Å². The Morgan fingerprint density at radius 2 is 2.20 bits per heavy atom. The van der Waals surface area contributed by atoms with Crippen molar-refractivity contribution in [3.8, 4) is 0 Å². The zero-order valence-electron chi connectivity index (χ0n) is 6.65. The largest absolute Gasteiger partial charge is 0.312 e. The van der Waals surface area contributed by atoms with Gasteiger partial charge in [0.25, 0.3) is 0 Å². The van der Waals surface area contributed by atoms with Gasteiger partial charge in [0.15, 0.2) is 0 Å². The summed E-state index contributed by atoms with van der Waals surface area (Å²) in [5.74, 6) is 0.676. The Hall–Kier alpha value is 0.0500. The fourth-order valence-corrected chi connectivity index (χ4v) is 1.79. The van der Waals surface area contributed by atoms with Crippen molar-refractivity contribution in [1.82, 2.24) is 5.32 Å². The third-order valence-corrected chi connectivity index (χ3v) is 2.38. The Morgan fingerprint density at radius 1 is 1.50 bits per heavy atom. The second-order valence-electron chi connectivity index (χ2n) is 3.05. The molecule has 1 heterocycles. The van der Waals surface area contributed by atoms with Gasteiger partial charge in [-0.25, -0.2) is 0 Å². The average Bonchev–Trinajstić information content (AvgIpc) is 1.88. The van der Waals surface area contributed by atoms with Gasteiger partial charge in [0.05, 0.1) is 0 Å². The molecule has 0 fully saturated rings. The van der Waals surface area contributed by atoms with Crippen molar-refractivity contribution in [3.63, 3.8) is 0 Å². The van der Waals surface area contributed by atoms with Crippen molar-refractivity contribution in [2.24, 2.45) is 5.92 Å². The Kier molecular flexibility index (Phi) is 2.81. The molecule has 0 saturated heterocycles. The van der Waals surface area contributed by atoms with Gasteiger partial charge in [-0.3, -0.25) is 0 Å². The number of hydrogen-bond acceptors (Lipinski definition) is 2. The van der Waals surface area contributed by atoms with E-state index >= 15 is 0 Å². The van der Waals surface area contributed by atoms with Crippen LogP contribution in [0.1, 0.15) is 20.3 Å². The fraction of sp³-hybridized carbons (Fsp3) is 0.750. The van der Waals surface area contributed by atoms with Crippen LogP contribution >= 0.6 is 12.6 Å². The highest BCUT2D eigenvalue weighted by Crippen LogP contribution is 2.22. The van der Waals surface area contributed by atoms with Gasteiger partial charge >= 0.3 is 0 Å². The van der Waals surface area contributed by atoms with E-state index in [4.69, 9.17) is 0 Å². The average molecular weight is 157 g/mol. The van der Waals surface area contributed by atoms with Crippen LogP contribution in [0.3, 0.4) is 0 Å². The zero-order chi connectivity index (χ0) is 7.56. The number of thiol groups is 1. The zero-order valence-corrected chi connectivity index (χ0v) is 7.54. The first-order valence-corrected chi connectivity index (χ1v) is 4.28. The van der Waals surface area contributed by atoms with Crippen molar-refractivity contribution >= 4 is 12.6 Å². The second-order valence-corrected chi connectivity index (χ2v) is 3.59. The van der Waals surface area contributed by atoms with Crippen molar-refractivity contribution in [3.05, 3.63) is 10.5 Å². The summed E-state index contributed by atoms with van der Waals surface area (Å²) in [5, 5.41) is 3.29. The van der Waals surface area contributed by atoms with E-state index in [0.717, 1.165) is 13.1 Å². The van der Waals surface area contributed by atoms with Crippen molar-refractivity contribution in [2.75, 3.05) is 13.1 Å². The molecule has 0 aliphatic carbocycles. The highest BCUT2D eigenvalue weighted by Gasteiger charge is 2.11. The molecule has 0 bridgehead atoms. The molecule has 58 valence electrons. The molecule has 1 aliphatic heterocycles. The SMILES string of the molecule is CC(C)C1=C(S)CNCC1. The van der Waals surface area contributed by atoms with E-state index in [2.05, 4.69) is 31.8 Å². The summed E-state index contributed by atoms with van der Waals surface area (Å²) in [4.78, 5) is 1.25. The van der Waals surface area contributed by atoms with E-state index in [0.29, 0.717) is 5.92 Å². The molecule has 0 saturated carbocycles. The fourth-order valence-electron chi connectivity index (χ4n) is 1.31. The molecule has 0 aromatic heterocycles. The first-order valence-electron chi connectivity index (χ1n) is 3.83. The second kappa shape index (κ2) is 3.44. The van der Waals surface area contributed by atoms with Crippen LogP contribution in [0.4, 0.5) is 0 Å². The maximum absolute atomic E-state index is 4.41. The molecular formula is C8H15NS. The molecule has 0 spiro atoms. The Balaban J connectivity index is 2.68. The number of hydrogen-bond donors (Lipinski definition) is 2. The van der Waals surface area contributed by atoms with Gasteiger partial charge in [-0.05, 0) is 23.8 Å². The Morgan fingerprint density at radius 3 is 2.60 bits per heavy atom. The summed E-state index contributed by atoms with van der Waals surface area (Å²) in [6, 6.07) is 0. The monoisotopic (exact) mass is 157 g/mol. The minimum atomic E-state index is 0.676. The van der Waals surface area contributed by atoms with Crippen LogP contribution in [0.15, 0.2) is 10.5 Å². The third-order valence-electron chi connectivity index (χ3n) is 1.93. The van der Waals surface area contributed by atoms with Gasteiger partial charge in [0, 0.05) is 6.54 Å². The van der Waals surface area contributed by atoms with E-state index < -0.39 is 0 Å². The maximum atomic E-state index is 4.41. The first-order chi connectivity index (χ1) is 4.72. The number of rotatable bonds is 1. The lowest BCUT2D eigenvalue weighted by Gasteiger charge is -2.20. The quantitative estimate of drug-likeness (QED) is 0.553. The predicted molar refractivity (Wildman–Crippen MR) is 48.3 cm³/mol. The molecular weight excluding hydrogens is 142 g/mol. The molecule has 1 nitrogen and oxygen atoms in total. The molecule has 0 radical (unpaired) electrons. The molecule has 1 rings (SSSR count). The van der Waals surface area contributed by atoms with Crippen LogP contribution in [0.2, 0.25) is 0 Å².